The molecule has 0 radical (unpaired) electrons. The smallest absolute Gasteiger partial charge is 0.229 e. The molecular weight excluding hydrogens is 373 g/mol. The van der Waals surface area contributed by atoms with E-state index in [2.05, 4.69) is 27.2 Å². The van der Waals surface area contributed by atoms with Crippen molar-refractivity contribution in [1.29, 1.82) is 0 Å². The summed E-state index contributed by atoms with van der Waals surface area (Å²) in [6, 6.07) is 7.11. The Kier molecular flexibility index (Phi) is 5.33. The van der Waals surface area contributed by atoms with Gasteiger partial charge >= 0.3 is 0 Å². The molecule has 1 aliphatic heterocycles. The molecule has 4 rings (SSSR count). The van der Waals surface area contributed by atoms with Crippen molar-refractivity contribution in [3.8, 4) is 5.75 Å². The van der Waals surface area contributed by atoms with Crippen LogP contribution in [-0.4, -0.2) is 28.5 Å². The molecule has 2 aliphatic rings. The molecule has 29 heavy (non-hydrogen) atoms. The van der Waals surface area contributed by atoms with Crippen LogP contribution in [0, 0.1) is 23.6 Å². The van der Waals surface area contributed by atoms with E-state index in [1.54, 1.807) is 6.08 Å². The van der Waals surface area contributed by atoms with E-state index in [1.165, 1.54) is 0 Å². The molecule has 1 aromatic carbocycles. The number of benzene rings is 1. The van der Waals surface area contributed by atoms with Gasteiger partial charge in [-0.1, -0.05) is 12.1 Å². The number of amides is 1. The number of halogens is 1. The van der Waals surface area contributed by atoms with E-state index in [0.717, 1.165) is 36.9 Å². The first-order valence-corrected chi connectivity index (χ1v) is 9.76. The van der Waals surface area contributed by atoms with E-state index in [0.29, 0.717) is 6.61 Å². The molecule has 8 heteroatoms. The number of fused-ring (bicyclic) bond motifs is 5. The third kappa shape index (κ3) is 4.01. The topological polar surface area (TPSA) is 102 Å². The first kappa shape index (κ1) is 19.2. The highest BCUT2D eigenvalue weighted by Gasteiger charge is 2.45. The van der Waals surface area contributed by atoms with Gasteiger partial charge in [-0.05, 0) is 43.2 Å². The normalized spacial score (nSPS) is 26.1. The van der Waals surface area contributed by atoms with E-state index in [9.17, 15) is 9.18 Å². The van der Waals surface area contributed by atoms with Crippen LogP contribution in [0.2, 0.25) is 0 Å². The summed E-state index contributed by atoms with van der Waals surface area (Å²) in [7, 11) is 0. The summed E-state index contributed by atoms with van der Waals surface area (Å²) in [5.41, 5.74) is 6.43. The quantitative estimate of drug-likeness (QED) is 0.673. The van der Waals surface area contributed by atoms with Gasteiger partial charge in [0.15, 0.2) is 11.6 Å². The van der Waals surface area contributed by atoms with Gasteiger partial charge in [-0.3, -0.25) is 4.79 Å². The molecule has 1 fully saturated rings. The average molecular weight is 397 g/mol. The van der Waals surface area contributed by atoms with Gasteiger partial charge in [0.2, 0.25) is 11.9 Å². The first-order valence-electron chi connectivity index (χ1n) is 9.76. The molecular formula is C21H24FN5O2. The minimum Gasteiger partial charge on any atom is -0.494 e. The molecule has 1 saturated carbocycles. The number of hydrogen-bond acceptors (Lipinski definition) is 6. The van der Waals surface area contributed by atoms with Crippen molar-refractivity contribution in [1.82, 2.24) is 9.97 Å². The van der Waals surface area contributed by atoms with Crippen LogP contribution in [0.1, 0.15) is 19.3 Å². The van der Waals surface area contributed by atoms with E-state index < -0.39 is 17.6 Å². The summed E-state index contributed by atoms with van der Waals surface area (Å²) in [4.78, 5) is 20.5. The lowest BCUT2D eigenvalue weighted by Gasteiger charge is -2.26. The molecule has 7 nitrogen and oxygen atoms in total. The Morgan fingerprint density at radius 3 is 3.07 bits per heavy atom. The number of carbonyl (C=O) groups excluding carboxylic acids is 1. The number of nitrogens with zero attached hydrogens (tertiary/aromatic N) is 2. The Morgan fingerprint density at radius 1 is 1.41 bits per heavy atom. The zero-order valence-electron chi connectivity index (χ0n) is 16.0. The van der Waals surface area contributed by atoms with E-state index in [-0.39, 0.29) is 29.6 Å². The van der Waals surface area contributed by atoms with Crippen molar-refractivity contribution in [3.05, 3.63) is 48.9 Å². The Bertz CT molecular complexity index is 922. The maximum atomic E-state index is 14.5. The highest BCUT2D eigenvalue weighted by atomic mass is 19.1. The maximum Gasteiger partial charge on any atom is 0.229 e. The van der Waals surface area contributed by atoms with Crippen LogP contribution in [0.4, 0.5) is 21.8 Å². The maximum absolute atomic E-state index is 14.5. The fraction of sp³-hybridized carbons (Fsp3) is 0.381. The van der Waals surface area contributed by atoms with Gasteiger partial charge in [-0.2, -0.15) is 4.98 Å². The van der Waals surface area contributed by atoms with Crippen LogP contribution >= 0.6 is 0 Å². The van der Waals surface area contributed by atoms with Gasteiger partial charge in [-0.15, -0.1) is 6.58 Å². The molecule has 1 aromatic heterocycles. The van der Waals surface area contributed by atoms with E-state index >= 15 is 0 Å². The standard InChI is InChI=1S/C21H24FN5O2/c1-2-12-9-13-5-4-8-29-15-7-3-6-14(10-15)25-21-24-11-16(22)20(27-21)26-18(13)17(12)19(23)28/h2-3,6-7,10-13,17-18H,1,4-5,8-9H2,(H2,23,28)(H2,24,25,26,27)/t12?,13?,17-,18+/m0/s1. The Morgan fingerprint density at radius 2 is 2.28 bits per heavy atom. The lowest BCUT2D eigenvalue weighted by molar-refractivity contribution is -0.122. The fourth-order valence-electron chi connectivity index (χ4n) is 4.35. The summed E-state index contributed by atoms with van der Waals surface area (Å²) in [6.07, 6.45) is 5.24. The third-order valence-corrected chi connectivity index (χ3v) is 5.69. The number of rotatable bonds is 2. The van der Waals surface area contributed by atoms with Gasteiger partial charge in [0.05, 0.1) is 18.7 Å². The SMILES string of the molecule is C=CC1CC2CCCOc3cccc(c3)Nc3ncc(F)c(n3)N[C@H]2[C@H]1C(N)=O. The summed E-state index contributed by atoms with van der Waals surface area (Å²) in [5.74, 6) is -0.409. The molecule has 0 spiro atoms. The molecule has 2 aromatic rings. The predicted octanol–water partition coefficient (Wildman–Crippen LogP) is 3.24. The second-order valence-corrected chi connectivity index (χ2v) is 7.53. The number of primary amides is 1. The summed E-state index contributed by atoms with van der Waals surface area (Å²) in [6.45, 7) is 4.40. The highest BCUT2D eigenvalue weighted by molar-refractivity contribution is 5.79. The number of nitrogens with two attached hydrogens (primary N) is 1. The average Bonchev–Trinajstić information content (AvgIpc) is 3.05. The van der Waals surface area contributed by atoms with Crippen molar-refractivity contribution in [2.24, 2.45) is 23.5 Å². The van der Waals surface area contributed by atoms with Gasteiger partial charge in [0.25, 0.3) is 0 Å². The summed E-state index contributed by atoms with van der Waals surface area (Å²) in [5, 5.41) is 6.21. The van der Waals surface area contributed by atoms with Gasteiger partial charge in [0.1, 0.15) is 5.75 Å². The Labute approximate surface area is 168 Å². The number of hydrogen-bond donors (Lipinski definition) is 3. The largest absolute Gasteiger partial charge is 0.494 e. The zero-order valence-corrected chi connectivity index (χ0v) is 16.0. The number of carbonyl (C=O) groups is 1. The van der Waals surface area contributed by atoms with Crippen LogP contribution in [0.3, 0.4) is 0 Å². The molecule has 1 aliphatic carbocycles. The lowest BCUT2D eigenvalue weighted by atomic mass is 9.91. The summed E-state index contributed by atoms with van der Waals surface area (Å²) >= 11 is 0. The van der Waals surface area contributed by atoms with Gasteiger partial charge in [-0.25, -0.2) is 9.37 Å². The molecule has 0 saturated heterocycles. The monoisotopic (exact) mass is 397 g/mol. The minimum absolute atomic E-state index is 0.0536. The minimum atomic E-state index is -0.580. The number of anilines is 3. The Hall–Kier alpha value is -3.16. The molecule has 2 unspecified atom stereocenters. The third-order valence-electron chi connectivity index (χ3n) is 5.69. The first-order chi connectivity index (χ1) is 14.0. The Balaban J connectivity index is 1.71. The number of nitrogens with one attached hydrogen (secondary N) is 2. The van der Waals surface area contributed by atoms with Crippen molar-refractivity contribution >= 4 is 23.4 Å². The lowest BCUT2D eigenvalue weighted by Crippen LogP contribution is -2.40. The molecule has 4 N–H and O–H groups in total. The van der Waals surface area contributed by atoms with E-state index in [1.807, 2.05) is 24.3 Å². The van der Waals surface area contributed by atoms with Gasteiger partial charge in [0, 0.05) is 17.8 Å². The van der Waals surface area contributed by atoms with Crippen molar-refractivity contribution < 1.29 is 13.9 Å². The number of ether oxygens (including phenoxy) is 1. The van der Waals surface area contributed by atoms with Crippen LogP contribution < -0.4 is 21.1 Å². The van der Waals surface area contributed by atoms with Crippen LogP contribution in [0.5, 0.6) is 5.75 Å². The predicted molar refractivity (Wildman–Crippen MR) is 108 cm³/mol. The number of allylic oxidation sites excluding steroid dienone is 1. The van der Waals surface area contributed by atoms with Crippen molar-refractivity contribution in [2.45, 2.75) is 25.3 Å². The van der Waals surface area contributed by atoms with E-state index in [4.69, 9.17) is 10.5 Å². The van der Waals surface area contributed by atoms with Crippen LogP contribution in [0.25, 0.3) is 0 Å². The highest BCUT2D eigenvalue weighted by Crippen LogP contribution is 2.41. The second-order valence-electron chi connectivity index (χ2n) is 7.53. The molecule has 1 amide bonds. The molecule has 4 bridgehead atoms. The zero-order chi connectivity index (χ0) is 20.4. The molecule has 152 valence electrons. The number of aromatic nitrogens is 2. The van der Waals surface area contributed by atoms with Crippen LogP contribution in [-0.2, 0) is 4.79 Å². The summed E-state index contributed by atoms with van der Waals surface area (Å²) < 4.78 is 20.4. The van der Waals surface area contributed by atoms with Crippen LogP contribution in [0.15, 0.2) is 43.1 Å². The second kappa shape index (κ2) is 8.06. The fourth-order valence-corrected chi connectivity index (χ4v) is 4.35. The van der Waals surface area contributed by atoms with Gasteiger partial charge < -0.3 is 21.1 Å². The molecule has 2 heterocycles. The molecule has 4 atom stereocenters. The van der Waals surface area contributed by atoms with Crippen molar-refractivity contribution in [3.63, 3.8) is 0 Å². The van der Waals surface area contributed by atoms with Crippen molar-refractivity contribution in [2.75, 3.05) is 17.2 Å².